The Hall–Kier alpha value is -1.43. The van der Waals surface area contributed by atoms with Crippen LogP contribution in [0.15, 0.2) is 6.07 Å². The van der Waals surface area contributed by atoms with E-state index >= 15 is 0 Å². The smallest absolute Gasteiger partial charge is 0.168 e. The van der Waals surface area contributed by atoms with Gasteiger partial charge in [0.15, 0.2) is 23.3 Å². The molecular weight excluding hydrogens is 216 g/mol. The normalized spacial score (nSPS) is 12.4. The van der Waals surface area contributed by atoms with Gasteiger partial charge in [-0.15, -0.1) is 0 Å². The molecule has 1 heterocycles. The van der Waals surface area contributed by atoms with Gasteiger partial charge in [-0.3, -0.25) is 0 Å². The predicted molar refractivity (Wildman–Crippen MR) is 58.7 cm³/mol. The summed E-state index contributed by atoms with van der Waals surface area (Å²) in [5.41, 5.74) is 0. The molecule has 90 valence electrons. The number of likely N-dealkylation sites (N-methyl/N-ethyl adjacent to an activating group) is 1. The number of aromatic nitrogens is 1. The largest absolute Gasteiger partial charge is 0.392 e. The molecule has 1 rings (SSSR count). The summed E-state index contributed by atoms with van der Waals surface area (Å²) >= 11 is 0. The maximum absolute atomic E-state index is 13.4. The lowest BCUT2D eigenvalue weighted by molar-refractivity contribution is 0.201. The highest BCUT2D eigenvalue weighted by atomic mass is 19.1. The molecule has 1 aromatic rings. The van der Waals surface area contributed by atoms with Crippen molar-refractivity contribution in [1.29, 1.82) is 0 Å². The van der Waals surface area contributed by atoms with Crippen LogP contribution in [-0.2, 0) is 0 Å². The zero-order valence-corrected chi connectivity index (χ0v) is 9.46. The van der Waals surface area contributed by atoms with Crippen molar-refractivity contribution in [3.05, 3.63) is 17.7 Å². The Kier molecular flexibility index (Phi) is 4.00. The van der Waals surface area contributed by atoms with Crippen molar-refractivity contribution in [2.24, 2.45) is 0 Å². The number of hydrogen-bond acceptors (Lipinski definition) is 4. The van der Waals surface area contributed by atoms with Crippen LogP contribution >= 0.6 is 0 Å². The molecule has 0 amide bonds. The molecule has 0 radical (unpaired) electrons. The summed E-state index contributed by atoms with van der Waals surface area (Å²) in [7, 11) is 3.08. The van der Waals surface area contributed by atoms with E-state index in [1.165, 1.54) is 11.9 Å². The van der Waals surface area contributed by atoms with E-state index in [1.54, 1.807) is 14.0 Å². The molecule has 0 aliphatic heterocycles. The number of rotatable bonds is 4. The van der Waals surface area contributed by atoms with Crippen molar-refractivity contribution in [1.82, 2.24) is 4.98 Å². The summed E-state index contributed by atoms with van der Waals surface area (Å²) in [6.45, 7) is 1.80. The van der Waals surface area contributed by atoms with Gasteiger partial charge < -0.3 is 15.3 Å². The lowest BCUT2D eigenvalue weighted by Crippen LogP contribution is -2.28. The van der Waals surface area contributed by atoms with E-state index in [1.807, 2.05) is 0 Å². The van der Waals surface area contributed by atoms with E-state index < -0.39 is 17.7 Å². The molecule has 1 atom stereocenters. The van der Waals surface area contributed by atoms with Gasteiger partial charge in [-0.25, -0.2) is 13.8 Å². The highest BCUT2D eigenvalue weighted by molar-refractivity contribution is 5.48. The molecule has 0 spiro atoms. The van der Waals surface area contributed by atoms with E-state index in [-0.39, 0.29) is 18.2 Å². The average molecular weight is 231 g/mol. The first kappa shape index (κ1) is 12.6. The van der Waals surface area contributed by atoms with E-state index in [2.05, 4.69) is 10.3 Å². The summed E-state index contributed by atoms with van der Waals surface area (Å²) in [4.78, 5) is 5.23. The van der Waals surface area contributed by atoms with Crippen LogP contribution in [0.1, 0.15) is 6.92 Å². The van der Waals surface area contributed by atoms with Crippen molar-refractivity contribution < 1.29 is 13.9 Å². The number of aliphatic hydroxyl groups excluding tert-OH is 1. The molecule has 0 bridgehead atoms. The molecule has 1 unspecified atom stereocenters. The fourth-order valence-corrected chi connectivity index (χ4v) is 1.38. The van der Waals surface area contributed by atoms with Crippen LogP contribution in [0.5, 0.6) is 0 Å². The molecule has 0 fully saturated rings. The summed E-state index contributed by atoms with van der Waals surface area (Å²) < 4.78 is 26.5. The molecule has 0 aliphatic carbocycles. The molecule has 0 saturated heterocycles. The van der Waals surface area contributed by atoms with Crippen molar-refractivity contribution in [2.45, 2.75) is 13.0 Å². The zero-order valence-electron chi connectivity index (χ0n) is 9.46. The van der Waals surface area contributed by atoms with Crippen LogP contribution in [0, 0.1) is 11.6 Å². The van der Waals surface area contributed by atoms with Gasteiger partial charge in [0, 0.05) is 26.7 Å². The molecule has 4 nitrogen and oxygen atoms in total. The van der Waals surface area contributed by atoms with E-state index in [0.717, 1.165) is 6.07 Å². The number of pyridine rings is 1. The maximum atomic E-state index is 13.4. The predicted octanol–water partition coefficient (Wildman–Crippen LogP) is 1.22. The van der Waals surface area contributed by atoms with Crippen LogP contribution in [0.4, 0.5) is 20.4 Å². The Morgan fingerprint density at radius 1 is 1.50 bits per heavy atom. The standard InChI is InChI=1S/C10H15F2N3O/c1-6(16)5-15(3)10-8(12)4-7(11)9(13-2)14-10/h4,6,16H,5H2,1-3H3,(H,13,14). The fourth-order valence-electron chi connectivity index (χ4n) is 1.38. The monoisotopic (exact) mass is 231 g/mol. The fraction of sp³-hybridized carbons (Fsp3) is 0.500. The third kappa shape index (κ3) is 2.79. The Bertz CT molecular complexity index is 371. The third-order valence-corrected chi connectivity index (χ3v) is 2.05. The van der Waals surface area contributed by atoms with E-state index in [9.17, 15) is 13.9 Å². The number of anilines is 2. The minimum Gasteiger partial charge on any atom is -0.392 e. The second-order valence-electron chi connectivity index (χ2n) is 3.60. The molecule has 1 aromatic heterocycles. The maximum Gasteiger partial charge on any atom is 0.168 e. The summed E-state index contributed by atoms with van der Waals surface area (Å²) in [6.07, 6.45) is -0.616. The number of aliphatic hydroxyl groups is 1. The molecule has 2 N–H and O–H groups in total. The van der Waals surface area contributed by atoms with Gasteiger partial charge in [0.2, 0.25) is 0 Å². The first-order valence-corrected chi connectivity index (χ1v) is 4.88. The van der Waals surface area contributed by atoms with E-state index in [0.29, 0.717) is 0 Å². The highest BCUT2D eigenvalue weighted by Crippen LogP contribution is 2.21. The van der Waals surface area contributed by atoms with Crippen LogP contribution in [-0.4, -0.2) is 36.8 Å². The number of nitrogens with zero attached hydrogens (tertiary/aromatic N) is 2. The molecule has 16 heavy (non-hydrogen) atoms. The number of halogens is 2. The lowest BCUT2D eigenvalue weighted by Gasteiger charge is -2.20. The van der Waals surface area contributed by atoms with E-state index in [4.69, 9.17) is 0 Å². The second kappa shape index (κ2) is 5.07. The first-order valence-electron chi connectivity index (χ1n) is 4.88. The minimum absolute atomic E-state index is 0.00616. The van der Waals surface area contributed by atoms with Gasteiger partial charge in [0.05, 0.1) is 6.10 Å². The molecule has 0 saturated carbocycles. The number of nitrogens with one attached hydrogen (secondary N) is 1. The summed E-state index contributed by atoms with van der Waals surface area (Å²) in [6, 6.07) is 0.771. The lowest BCUT2D eigenvalue weighted by atomic mass is 10.3. The summed E-state index contributed by atoms with van der Waals surface area (Å²) in [5.74, 6) is -1.51. The average Bonchev–Trinajstić information content (AvgIpc) is 2.16. The van der Waals surface area contributed by atoms with Crippen molar-refractivity contribution in [3.8, 4) is 0 Å². The van der Waals surface area contributed by atoms with Gasteiger partial charge in [0.1, 0.15) is 0 Å². The quantitative estimate of drug-likeness (QED) is 0.818. The SMILES string of the molecule is CNc1nc(N(C)CC(C)O)c(F)cc1F. The van der Waals surface area contributed by atoms with Gasteiger partial charge in [-0.2, -0.15) is 0 Å². The molecular formula is C10H15F2N3O. The second-order valence-corrected chi connectivity index (χ2v) is 3.60. The van der Waals surface area contributed by atoms with Gasteiger partial charge in [-0.05, 0) is 6.92 Å². The zero-order chi connectivity index (χ0) is 12.3. The highest BCUT2D eigenvalue weighted by Gasteiger charge is 2.15. The first-order chi connectivity index (χ1) is 7.45. The van der Waals surface area contributed by atoms with Crippen LogP contribution < -0.4 is 10.2 Å². The molecule has 0 aromatic carbocycles. The van der Waals surface area contributed by atoms with Gasteiger partial charge >= 0.3 is 0 Å². The van der Waals surface area contributed by atoms with Crippen LogP contribution in [0.25, 0.3) is 0 Å². The minimum atomic E-state index is -0.750. The summed E-state index contributed by atoms with van der Waals surface area (Å²) in [5, 5.41) is 11.7. The molecule has 0 aliphatic rings. The van der Waals surface area contributed by atoms with Gasteiger partial charge in [-0.1, -0.05) is 0 Å². The van der Waals surface area contributed by atoms with Crippen LogP contribution in [0.2, 0.25) is 0 Å². The Balaban J connectivity index is 3.03. The van der Waals surface area contributed by atoms with Crippen molar-refractivity contribution >= 4 is 11.6 Å². The Labute approximate surface area is 92.9 Å². The molecule has 6 heteroatoms. The Morgan fingerprint density at radius 3 is 2.62 bits per heavy atom. The van der Waals surface area contributed by atoms with Crippen molar-refractivity contribution in [2.75, 3.05) is 30.9 Å². The number of hydrogen-bond donors (Lipinski definition) is 2. The third-order valence-electron chi connectivity index (χ3n) is 2.05. The van der Waals surface area contributed by atoms with Crippen molar-refractivity contribution in [3.63, 3.8) is 0 Å². The van der Waals surface area contributed by atoms with Gasteiger partial charge in [0.25, 0.3) is 0 Å². The topological polar surface area (TPSA) is 48.4 Å². The Morgan fingerprint density at radius 2 is 2.12 bits per heavy atom. The van der Waals surface area contributed by atoms with Crippen LogP contribution in [0.3, 0.4) is 0 Å².